The van der Waals surface area contributed by atoms with E-state index in [0.717, 1.165) is 34.1 Å². The lowest BCUT2D eigenvalue weighted by atomic mass is 10.3. The van der Waals surface area contributed by atoms with Gasteiger partial charge >= 0.3 is 0 Å². The molecule has 0 aliphatic rings. The van der Waals surface area contributed by atoms with Gasteiger partial charge in [0.1, 0.15) is 5.03 Å². The highest BCUT2D eigenvalue weighted by molar-refractivity contribution is 7.99. The maximum absolute atomic E-state index is 4.66. The summed E-state index contributed by atoms with van der Waals surface area (Å²) in [7, 11) is 0. The van der Waals surface area contributed by atoms with Gasteiger partial charge in [-0.1, -0.05) is 12.1 Å². The lowest BCUT2D eigenvalue weighted by Gasteiger charge is -2.06. The summed E-state index contributed by atoms with van der Waals surface area (Å²) in [5.41, 5.74) is 2.90. The number of nitrogens with zero attached hydrogens (tertiary/aromatic N) is 4. The molecule has 4 nitrogen and oxygen atoms in total. The van der Waals surface area contributed by atoms with E-state index < -0.39 is 0 Å². The molecule has 0 aliphatic heterocycles. The molecule has 0 saturated heterocycles. The first kappa shape index (κ1) is 12.2. The number of para-hydroxylation sites is 2. The molecule has 0 aliphatic carbocycles. The second kappa shape index (κ2) is 5.40. The van der Waals surface area contributed by atoms with Crippen molar-refractivity contribution >= 4 is 22.8 Å². The molecular weight excluding hydrogens is 256 g/mol. The molecule has 0 fully saturated rings. The quantitative estimate of drug-likeness (QED) is 0.684. The molecule has 0 amide bonds. The first-order valence-electron chi connectivity index (χ1n) is 6.16. The molecule has 5 heteroatoms. The Balaban J connectivity index is 1.75. The molecule has 96 valence electrons. The maximum atomic E-state index is 4.66. The molecular formula is C14H14N4S. The average molecular weight is 270 g/mol. The van der Waals surface area contributed by atoms with E-state index in [1.165, 1.54) is 0 Å². The molecule has 2 heterocycles. The van der Waals surface area contributed by atoms with E-state index >= 15 is 0 Å². The second-order valence-electron chi connectivity index (χ2n) is 4.22. The standard InChI is InChI=1S/C14H14N4S/c1-11-14(19-10-9-18-8-4-7-15-18)17-13-6-3-2-5-12(13)16-11/h2-8H,9-10H2,1H3. The number of hydrogen-bond acceptors (Lipinski definition) is 4. The van der Waals surface area contributed by atoms with Crippen LogP contribution < -0.4 is 0 Å². The zero-order chi connectivity index (χ0) is 13.1. The smallest absolute Gasteiger partial charge is 0.118 e. The molecule has 0 atom stereocenters. The van der Waals surface area contributed by atoms with Crippen molar-refractivity contribution in [1.29, 1.82) is 0 Å². The molecule has 0 N–H and O–H groups in total. The Morgan fingerprint density at radius 2 is 1.89 bits per heavy atom. The van der Waals surface area contributed by atoms with E-state index in [0.29, 0.717) is 0 Å². The first-order chi connectivity index (χ1) is 9.33. The summed E-state index contributed by atoms with van der Waals surface area (Å²) in [6, 6.07) is 9.91. The van der Waals surface area contributed by atoms with Gasteiger partial charge < -0.3 is 0 Å². The van der Waals surface area contributed by atoms with Crippen molar-refractivity contribution in [3.63, 3.8) is 0 Å². The van der Waals surface area contributed by atoms with E-state index in [4.69, 9.17) is 0 Å². The van der Waals surface area contributed by atoms with Crippen LogP contribution in [0.25, 0.3) is 11.0 Å². The summed E-state index contributed by atoms with van der Waals surface area (Å²) in [5.74, 6) is 0.940. The highest BCUT2D eigenvalue weighted by atomic mass is 32.2. The van der Waals surface area contributed by atoms with Gasteiger partial charge in [0, 0.05) is 18.1 Å². The molecule has 0 saturated carbocycles. The Kier molecular flexibility index (Phi) is 3.46. The van der Waals surface area contributed by atoms with Crippen molar-refractivity contribution in [3.8, 4) is 0 Å². The Bertz CT molecular complexity index is 679. The Morgan fingerprint density at radius 1 is 1.11 bits per heavy atom. The zero-order valence-corrected chi connectivity index (χ0v) is 11.5. The van der Waals surface area contributed by atoms with Crippen LogP contribution in [0.15, 0.2) is 47.8 Å². The fourth-order valence-corrected chi connectivity index (χ4v) is 2.77. The highest BCUT2D eigenvalue weighted by Crippen LogP contribution is 2.21. The van der Waals surface area contributed by atoms with Crippen molar-refractivity contribution in [3.05, 3.63) is 48.4 Å². The maximum Gasteiger partial charge on any atom is 0.118 e. The van der Waals surface area contributed by atoms with E-state index in [9.17, 15) is 0 Å². The van der Waals surface area contributed by atoms with Gasteiger partial charge in [-0.2, -0.15) is 5.10 Å². The number of benzene rings is 1. The average Bonchev–Trinajstić information content (AvgIpc) is 2.92. The van der Waals surface area contributed by atoms with Gasteiger partial charge in [-0.15, -0.1) is 11.8 Å². The molecule has 0 radical (unpaired) electrons. The number of thioether (sulfide) groups is 1. The van der Waals surface area contributed by atoms with Crippen LogP contribution >= 0.6 is 11.8 Å². The molecule has 19 heavy (non-hydrogen) atoms. The highest BCUT2D eigenvalue weighted by Gasteiger charge is 2.05. The van der Waals surface area contributed by atoms with Crippen molar-refractivity contribution < 1.29 is 0 Å². The van der Waals surface area contributed by atoms with Crippen molar-refractivity contribution in [2.45, 2.75) is 18.5 Å². The first-order valence-corrected chi connectivity index (χ1v) is 7.15. The summed E-state index contributed by atoms with van der Waals surface area (Å²) in [6.45, 7) is 2.89. The molecule has 3 aromatic rings. The van der Waals surface area contributed by atoms with Gasteiger partial charge in [0.15, 0.2) is 0 Å². The van der Waals surface area contributed by atoms with Crippen LogP contribution in [0.4, 0.5) is 0 Å². The molecule has 3 rings (SSSR count). The number of fused-ring (bicyclic) bond motifs is 1. The van der Waals surface area contributed by atoms with Crippen LogP contribution in [-0.2, 0) is 6.54 Å². The molecule has 0 unspecified atom stereocenters. The number of hydrogen-bond donors (Lipinski definition) is 0. The Hall–Kier alpha value is -1.88. The minimum atomic E-state index is 0.881. The lowest BCUT2D eigenvalue weighted by molar-refractivity contribution is 0.666. The van der Waals surface area contributed by atoms with Gasteiger partial charge in [-0.25, -0.2) is 9.97 Å². The van der Waals surface area contributed by atoms with Crippen molar-refractivity contribution in [2.75, 3.05) is 5.75 Å². The summed E-state index contributed by atoms with van der Waals surface area (Å²) in [6.07, 6.45) is 3.77. The van der Waals surface area contributed by atoms with E-state index in [2.05, 4.69) is 15.1 Å². The van der Waals surface area contributed by atoms with Gasteiger partial charge in [0.2, 0.25) is 0 Å². The number of rotatable bonds is 4. The van der Waals surface area contributed by atoms with Gasteiger partial charge in [-0.3, -0.25) is 4.68 Å². The predicted molar refractivity (Wildman–Crippen MR) is 77.2 cm³/mol. The number of aromatic nitrogens is 4. The van der Waals surface area contributed by atoms with Gasteiger partial charge in [0.25, 0.3) is 0 Å². The lowest BCUT2D eigenvalue weighted by Crippen LogP contribution is -2.01. The van der Waals surface area contributed by atoms with Crippen LogP contribution in [0.3, 0.4) is 0 Å². The van der Waals surface area contributed by atoms with Crippen LogP contribution in [0.5, 0.6) is 0 Å². The van der Waals surface area contributed by atoms with E-state index in [1.54, 1.807) is 18.0 Å². The fraction of sp³-hybridized carbons (Fsp3) is 0.214. The molecule has 1 aromatic carbocycles. The summed E-state index contributed by atoms with van der Waals surface area (Å²) in [4.78, 5) is 9.25. The number of aryl methyl sites for hydroxylation is 2. The monoisotopic (exact) mass is 270 g/mol. The summed E-state index contributed by atoms with van der Waals surface area (Å²) >= 11 is 1.73. The van der Waals surface area contributed by atoms with Crippen LogP contribution in [0.1, 0.15) is 5.69 Å². The van der Waals surface area contributed by atoms with Gasteiger partial charge in [0.05, 0.1) is 23.3 Å². The second-order valence-corrected chi connectivity index (χ2v) is 5.30. The van der Waals surface area contributed by atoms with Crippen molar-refractivity contribution in [2.24, 2.45) is 0 Å². The van der Waals surface area contributed by atoms with Crippen LogP contribution in [0.2, 0.25) is 0 Å². The normalized spacial score (nSPS) is 11.0. The molecule has 2 aromatic heterocycles. The minimum absolute atomic E-state index is 0.881. The van der Waals surface area contributed by atoms with Crippen LogP contribution in [-0.4, -0.2) is 25.5 Å². The third-order valence-electron chi connectivity index (χ3n) is 2.82. The predicted octanol–water partition coefficient (Wildman–Crippen LogP) is 2.93. The molecule has 0 bridgehead atoms. The van der Waals surface area contributed by atoms with Crippen LogP contribution in [0, 0.1) is 6.92 Å². The minimum Gasteiger partial charge on any atom is -0.272 e. The third-order valence-corrected chi connectivity index (χ3v) is 3.87. The SMILES string of the molecule is Cc1nc2ccccc2nc1SCCn1cccn1. The zero-order valence-electron chi connectivity index (χ0n) is 10.7. The largest absolute Gasteiger partial charge is 0.272 e. The summed E-state index contributed by atoms with van der Waals surface area (Å²) in [5, 5.41) is 5.19. The topological polar surface area (TPSA) is 43.6 Å². The van der Waals surface area contributed by atoms with Gasteiger partial charge in [-0.05, 0) is 25.1 Å². The molecule has 0 spiro atoms. The van der Waals surface area contributed by atoms with Crippen molar-refractivity contribution in [1.82, 2.24) is 19.7 Å². The summed E-state index contributed by atoms with van der Waals surface area (Å²) < 4.78 is 1.93. The van der Waals surface area contributed by atoms with E-state index in [1.807, 2.05) is 48.1 Å². The fourth-order valence-electron chi connectivity index (χ4n) is 1.88. The Labute approximate surface area is 115 Å². The third kappa shape index (κ3) is 2.76. The Morgan fingerprint density at radius 3 is 2.63 bits per heavy atom. The van der Waals surface area contributed by atoms with E-state index in [-0.39, 0.29) is 0 Å².